The van der Waals surface area contributed by atoms with E-state index in [1.165, 1.54) is 4.88 Å². The molecule has 1 saturated carbocycles. The van der Waals surface area contributed by atoms with E-state index >= 15 is 0 Å². The van der Waals surface area contributed by atoms with Crippen molar-refractivity contribution >= 4 is 17.2 Å². The molecular formula is C13H20N2OS. The minimum absolute atomic E-state index is 0.0723. The van der Waals surface area contributed by atoms with E-state index in [2.05, 4.69) is 36.5 Å². The van der Waals surface area contributed by atoms with Gasteiger partial charge >= 0.3 is 0 Å². The Morgan fingerprint density at radius 1 is 1.47 bits per heavy atom. The molecule has 0 aromatic carbocycles. The number of carbonyl (C=O) groups is 1. The SMILES string of the molecule is CN(C)C1(c2cccs2)CCC(C(N)=O)CC1. The lowest BCUT2D eigenvalue weighted by Crippen LogP contribution is -2.45. The monoisotopic (exact) mass is 252 g/mol. The first-order chi connectivity index (χ1) is 8.06. The van der Waals surface area contributed by atoms with Gasteiger partial charge in [0.1, 0.15) is 0 Å². The molecule has 0 aliphatic heterocycles. The first-order valence-electron chi connectivity index (χ1n) is 6.07. The lowest BCUT2D eigenvalue weighted by atomic mass is 9.74. The molecule has 94 valence electrons. The van der Waals surface area contributed by atoms with Crippen molar-refractivity contribution in [2.75, 3.05) is 14.1 Å². The summed E-state index contributed by atoms with van der Waals surface area (Å²) in [5, 5.41) is 2.13. The molecule has 2 rings (SSSR count). The van der Waals surface area contributed by atoms with Crippen LogP contribution in [0, 0.1) is 5.92 Å². The minimum Gasteiger partial charge on any atom is -0.369 e. The molecular weight excluding hydrogens is 232 g/mol. The first-order valence-corrected chi connectivity index (χ1v) is 6.95. The standard InChI is InChI=1S/C13H20N2OS/c1-15(2)13(11-4-3-9-17-11)7-5-10(6-8-13)12(14)16/h3-4,9-10H,5-8H2,1-2H3,(H2,14,16). The third-order valence-electron chi connectivity index (χ3n) is 4.05. The number of primary amides is 1. The molecule has 0 atom stereocenters. The highest BCUT2D eigenvalue weighted by atomic mass is 32.1. The molecule has 1 amide bonds. The number of amides is 1. The lowest BCUT2D eigenvalue weighted by Gasteiger charge is -2.44. The van der Waals surface area contributed by atoms with Crippen LogP contribution in [0.1, 0.15) is 30.6 Å². The molecule has 0 bridgehead atoms. The lowest BCUT2D eigenvalue weighted by molar-refractivity contribution is -0.123. The molecule has 1 fully saturated rings. The van der Waals surface area contributed by atoms with Crippen molar-refractivity contribution in [2.45, 2.75) is 31.2 Å². The van der Waals surface area contributed by atoms with E-state index in [4.69, 9.17) is 5.73 Å². The Labute approximate surface area is 107 Å². The average molecular weight is 252 g/mol. The number of thiophene rings is 1. The van der Waals surface area contributed by atoms with Crippen molar-refractivity contribution in [3.05, 3.63) is 22.4 Å². The Kier molecular flexibility index (Phi) is 3.54. The van der Waals surface area contributed by atoms with Crippen LogP contribution < -0.4 is 5.73 Å². The first kappa shape index (κ1) is 12.6. The van der Waals surface area contributed by atoms with Crippen molar-refractivity contribution in [1.82, 2.24) is 4.90 Å². The van der Waals surface area contributed by atoms with Crippen LogP contribution in [0.25, 0.3) is 0 Å². The number of carbonyl (C=O) groups excluding carboxylic acids is 1. The predicted molar refractivity (Wildman–Crippen MR) is 70.8 cm³/mol. The van der Waals surface area contributed by atoms with Crippen molar-refractivity contribution in [3.63, 3.8) is 0 Å². The Bertz CT molecular complexity index is 378. The molecule has 0 radical (unpaired) electrons. The zero-order valence-electron chi connectivity index (χ0n) is 10.5. The van der Waals surface area contributed by atoms with Gasteiger partial charge in [-0.05, 0) is 51.2 Å². The van der Waals surface area contributed by atoms with Gasteiger partial charge in [-0.25, -0.2) is 0 Å². The van der Waals surface area contributed by atoms with E-state index in [0.29, 0.717) is 0 Å². The van der Waals surface area contributed by atoms with Gasteiger partial charge in [-0.2, -0.15) is 0 Å². The maximum absolute atomic E-state index is 11.2. The molecule has 0 spiro atoms. The van der Waals surface area contributed by atoms with Crippen LogP contribution in [0.15, 0.2) is 17.5 Å². The van der Waals surface area contributed by atoms with Crippen molar-refractivity contribution in [3.8, 4) is 0 Å². The average Bonchev–Trinajstić information content (AvgIpc) is 2.82. The van der Waals surface area contributed by atoms with Crippen molar-refractivity contribution in [1.29, 1.82) is 0 Å². The van der Waals surface area contributed by atoms with Gasteiger partial charge in [0, 0.05) is 10.8 Å². The van der Waals surface area contributed by atoms with Gasteiger partial charge in [0.15, 0.2) is 0 Å². The molecule has 1 aliphatic rings. The molecule has 1 aliphatic carbocycles. The van der Waals surface area contributed by atoms with Crippen LogP contribution in [0.3, 0.4) is 0 Å². The molecule has 0 saturated heterocycles. The molecule has 1 heterocycles. The smallest absolute Gasteiger partial charge is 0.220 e. The Morgan fingerprint density at radius 3 is 2.53 bits per heavy atom. The summed E-state index contributed by atoms with van der Waals surface area (Å²) in [7, 11) is 4.26. The minimum atomic E-state index is -0.136. The fourth-order valence-electron chi connectivity index (χ4n) is 2.84. The highest BCUT2D eigenvalue weighted by molar-refractivity contribution is 7.10. The van der Waals surface area contributed by atoms with E-state index < -0.39 is 0 Å². The fourth-order valence-corrected chi connectivity index (χ4v) is 3.90. The molecule has 1 aromatic rings. The van der Waals surface area contributed by atoms with Gasteiger partial charge < -0.3 is 5.73 Å². The van der Waals surface area contributed by atoms with Crippen LogP contribution >= 0.6 is 11.3 Å². The number of hydrogen-bond donors (Lipinski definition) is 1. The summed E-state index contributed by atoms with van der Waals surface area (Å²) in [5.74, 6) is -0.0634. The van der Waals surface area contributed by atoms with E-state index in [9.17, 15) is 4.79 Å². The molecule has 3 nitrogen and oxygen atoms in total. The number of nitrogens with two attached hydrogens (primary N) is 1. The van der Waals surface area contributed by atoms with E-state index in [1.54, 1.807) is 0 Å². The maximum Gasteiger partial charge on any atom is 0.220 e. The predicted octanol–water partition coefficient (Wildman–Crippen LogP) is 2.18. The summed E-state index contributed by atoms with van der Waals surface area (Å²) in [6.07, 6.45) is 3.86. The highest BCUT2D eigenvalue weighted by Crippen LogP contribution is 2.44. The summed E-state index contributed by atoms with van der Waals surface area (Å²) in [6.45, 7) is 0. The van der Waals surface area contributed by atoms with Gasteiger partial charge in [-0.1, -0.05) is 6.07 Å². The van der Waals surface area contributed by atoms with Gasteiger partial charge in [0.25, 0.3) is 0 Å². The number of rotatable bonds is 3. The Hall–Kier alpha value is -0.870. The van der Waals surface area contributed by atoms with Gasteiger partial charge in [-0.3, -0.25) is 9.69 Å². The third kappa shape index (κ3) is 2.24. The number of hydrogen-bond acceptors (Lipinski definition) is 3. The highest BCUT2D eigenvalue weighted by Gasteiger charge is 2.40. The maximum atomic E-state index is 11.2. The second-order valence-corrected chi connectivity index (χ2v) is 6.03. The van der Waals surface area contributed by atoms with Crippen LogP contribution in [-0.2, 0) is 10.3 Å². The Balaban J connectivity index is 2.20. The summed E-state index contributed by atoms with van der Waals surface area (Å²) >= 11 is 1.81. The molecule has 4 heteroatoms. The third-order valence-corrected chi connectivity index (χ3v) is 5.11. The van der Waals surface area contributed by atoms with Crippen LogP contribution in [-0.4, -0.2) is 24.9 Å². The fraction of sp³-hybridized carbons (Fsp3) is 0.615. The van der Waals surface area contributed by atoms with Gasteiger partial charge in [0.05, 0.1) is 5.54 Å². The second kappa shape index (κ2) is 4.78. The summed E-state index contributed by atoms with van der Waals surface area (Å²) in [6, 6.07) is 4.31. The van der Waals surface area contributed by atoms with Crippen molar-refractivity contribution < 1.29 is 4.79 Å². The molecule has 1 aromatic heterocycles. The quantitative estimate of drug-likeness (QED) is 0.896. The molecule has 17 heavy (non-hydrogen) atoms. The van der Waals surface area contributed by atoms with Crippen LogP contribution in [0.4, 0.5) is 0 Å². The van der Waals surface area contributed by atoms with Crippen LogP contribution in [0.5, 0.6) is 0 Å². The second-order valence-electron chi connectivity index (χ2n) is 5.08. The van der Waals surface area contributed by atoms with Gasteiger partial charge in [0.2, 0.25) is 5.91 Å². The zero-order valence-corrected chi connectivity index (χ0v) is 11.3. The van der Waals surface area contributed by atoms with Crippen molar-refractivity contribution in [2.24, 2.45) is 11.7 Å². The number of nitrogens with zero attached hydrogens (tertiary/aromatic N) is 1. The summed E-state index contributed by atoms with van der Waals surface area (Å²) < 4.78 is 0. The van der Waals surface area contributed by atoms with Gasteiger partial charge in [-0.15, -0.1) is 11.3 Å². The Morgan fingerprint density at radius 2 is 2.12 bits per heavy atom. The van der Waals surface area contributed by atoms with E-state index in [0.717, 1.165) is 25.7 Å². The van der Waals surface area contributed by atoms with Crippen LogP contribution in [0.2, 0.25) is 0 Å². The summed E-state index contributed by atoms with van der Waals surface area (Å²) in [5.41, 5.74) is 5.51. The topological polar surface area (TPSA) is 46.3 Å². The van der Waals surface area contributed by atoms with E-state index in [-0.39, 0.29) is 17.4 Å². The molecule has 0 unspecified atom stereocenters. The molecule has 2 N–H and O–H groups in total. The largest absolute Gasteiger partial charge is 0.369 e. The normalized spacial score (nSPS) is 29.5. The zero-order chi connectivity index (χ0) is 12.5. The van der Waals surface area contributed by atoms with E-state index in [1.807, 2.05) is 11.3 Å². The summed E-state index contributed by atoms with van der Waals surface area (Å²) in [4.78, 5) is 14.9.